The summed E-state index contributed by atoms with van der Waals surface area (Å²) in [5.74, 6) is -0.350. The molecule has 0 fully saturated rings. The van der Waals surface area contributed by atoms with Gasteiger partial charge in [0.1, 0.15) is 0 Å². The largest absolute Gasteiger partial charge is 0.383 e. The summed E-state index contributed by atoms with van der Waals surface area (Å²) in [5.41, 5.74) is 0.705. The Kier molecular flexibility index (Phi) is 6.11. The first-order chi connectivity index (χ1) is 13.0. The van der Waals surface area contributed by atoms with Gasteiger partial charge in [-0.05, 0) is 24.3 Å². The molecular weight excluding hydrogens is 389 g/mol. The third kappa shape index (κ3) is 4.30. The van der Waals surface area contributed by atoms with E-state index in [2.05, 4.69) is 10.4 Å². The summed E-state index contributed by atoms with van der Waals surface area (Å²) in [5, 5.41) is 9.14. The van der Waals surface area contributed by atoms with Crippen molar-refractivity contribution in [2.45, 2.75) is 13.1 Å². The number of hydrogen-bond donors (Lipinski definition) is 1. The quantitative estimate of drug-likeness (QED) is 0.682. The Hall–Kier alpha value is -2.41. The van der Waals surface area contributed by atoms with Crippen LogP contribution in [0.4, 0.5) is 0 Å². The van der Waals surface area contributed by atoms with Gasteiger partial charge in [-0.1, -0.05) is 41.4 Å². The molecule has 0 bridgehead atoms. The molecule has 1 heterocycles. The maximum atomic E-state index is 12.6. The van der Waals surface area contributed by atoms with Crippen molar-refractivity contribution < 1.29 is 9.53 Å². The minimum atomic E-state index is -0.350. The van der Waals surface area contributed by atoms with Crippen molar-refractivity contribution in [1.29, 1.82) is 0 Å². The molecule has 0 spiro atoms. The number of ether oxygens (including phenoxy) is 1. The molecule has 6 nitrogen and oxygen atoms in total. The average molecular weight is 406 g/mol. The highest BCUT2D eigenvalue weighted by Gasteiger charge is 2.14. The molecule has 1 N–H and O–H groups in total. The van der Waals surface area contributed by atoms with Crippen molar-refractivity contribution in [2.24, 2.45) is 0 Å². The molecule has 0 aliphatic rings. The summed E-state index contributed by atoms with van der Waals surface area (Å²) in [6, 6.07) is 11.8. The molecule has 140 valence electrons. The Bertz CT molecular complexity index is 1050. The molecule has 27 heavy (non-hydrogen) atoms. The Labute approximate surface area is 165 Å². The van der Waals surface area contributed by atoms with Gasteiger partial charge >= 0.3 is 0 Å². The van der Waals surface area contributed by atoms with Gasteiger partial charge in [0.05, 0.1) is 41.4 Å². The van der Waals surface area contributed by atoms with Crippen LogP contribution in [-0.2, 0) is 17.8 Å². The minimum absolute atomic E-state index is 0.144. The van der Waals surface area contributed by atoms with Crippen molar-refractivity contribution in [3.63, 3.8) is 0 Å². The van der Waals surface area contributed by atoms with Crippen LogP contribution in [0, 0.1) is 0 Å². The Balaban J connectivity index is 1.90. The van der Waals surface area contributed by atoms with Gasteiger partial charge in [-0.25, -0.2) is 4.68 Å². The third-order valence-electron chi connectivity index (χ3n) is 4.04. The smallest absolute Gasteiger partial charge is 0.274 e. The number of hydrogen-bond acceptors (Lipinski definition) is 4. The normalized spacial score (nSPS) is 10.9. The zero-order valence-corrected chi connectivity index (χ0v) is 16.0. The van der Waals surface area contributed by atoms with Crippen molar-refractivity contribution in [2.75, 3.05) is 13.7 Å². The average Bonchev–Trinajstić information content (AvgIpc) is 2.66. The van der Waals surface area contributed by atoms with Crippen LogP contribution in [-0.4, -0.2) is 29.4 Å². The molecule has 8 heteroatoms. The first-order valence-electron chi connectivity index (χ1n) is 8.22. The number of carbonyl (C=O) groups excluding carboxylic acids is 1. The van der Waals surface area contributed by atoms with Crippen molar-refractivity contribution in [1.82, 2.24) is 15.1 Å². The monoisotopic (exact) mass is 405 g/mol. The van der Waals surface area contributed by atoms with Gasteiger partial charge in [-0.15, -0.1) is 0 Å². The summed E-state index contributed by atoms with van der Waals surface area (Å²) in [7, 11) is 1.56. The summed E-state index contributed by atoms with van der Waals surface area (Å²) < 4.78 is 6.39. The first kappa shape index (κ1) is 19.4. The van der Waals surface area contributed by atoms with Gasteiger partial charge in [0, 0.05) is 17.5 Å². The molecule has 0 saturated carbocycles. The van der Waals surface area contributed by atoms with Gasteiger partial charge in [-0.2, -0.15) is 5.10 Å². The molecule has 2 aromatic carbocycles. The van der Waals surface area contributed by atoms with E-state index < -0.39 is 0 Å². The Morgan fingerprint density at radius 2 is 1.93 bits per heavy atom. The SMILES string of the molecule is COCCn1nc(CNC(=O)c2ccc(Cl)cc2Cl)c2ccccc2c1=O. The summed E-state index contributed by atoms with van der Waals surface area (Å²) in [4.78, 5) is 25.0. The summed E-state index contributed by atoms with van der Waals surface area (Å²) >= 11 is 11.9. The van der Waals surface area contributed by atoms with Crippen LogP contribution in [0.5, 0.6) is 0 Å². The molecule has 1 amide bonds. The lowest BCUT2D eigenvalue weighted by molar-refractivity contribution is 0.0950. The molecule has 0 aliphatic carbocycles. The zero-order valence-electron chi connectivity index (χ0n) is 14.5. The Morgan fingerprint density at radius 1 is 1.19 bits per heavy atom. The third-order valence-corrected chi connectivity index (χ3v) is 4.59. The molecule has 0 atom stereocenters. The van der Waals surface area contributed by atoms with E-state index in [1.807, 2.05) is 6.07 Å². The van der Waals surface area contributed by atoms with Crippen molar-refractivity contribution >= 4 is 39.9 Å². The predicted molar refractivity (Wildman–Crippen MR) is 106 cm³/mol. The lowest BCUT2D eigenvalue weighted by atomic mass is 10.1. The van der Waals surface area contributed by atoms with Gasteiger partial charge < -0.3 is 10.1 Å². The zero-order chi connectivity index (χ0) is 19.4. The van der Waals surface area contributed by atoms with Gasteiger partial charge in [0.25, 0.3) is 11.5 Å². The van der Waals surface area contributed by atoms with Crippen LogP contribution in [0.3, 0.4) is 0 Å². The highest BCUT2D eigenvalue weighted by Crippen LogP contribution is 2.21. The topological polar surface area (TPSA) is 73.2 Å². The molecule has 0 aliphatic heterocycles. The number of amides is 1. The van der Waals surface area contributed by atoms with E-state index in [1.165, 1.54) is 10.7 Å². The summed E-state index contributed by atoms with van der Waals surface area (Å²) in [6.45, 7) is 0.827. The lowest BCUT2D eigenvalue weighted by Gasteiger charge is -2.12. The van der Waals surface area contributed by atoms with Crippen molar-refractivity contribution in [3.05, 3.63) is 74.1 Å². The molecule has 3 rings (SSSR count). The van der Waals surface area contributed by atoms with E-state index in [4.69, 9.17) is 27.9 Å². The van der Waals surface area contributed by atoms with E-state index in [-0.39, 0.29) is 23.0 Å². The van der Waals surface area contributed by atoms with Crippen LogP contribution in [0.15, 0.2) is 47.3 Å². The van der Waals surface area contributed by atoms with Crippen LogP contribution < -0.4 is 10.9 Å². The van der Waals surface area contributed by atoms with Gasteiger partial charge in [-0.3, -0.25) is 9.59 Å². The highest BCUT2D eigenvalue weighted by molar-refractivity contribution is 6.36. The van der Waals surface area contributed by atoms with Crippen molar-refractivity contribution in [3.8, 4) is 0 Å². The maximum Gasteiger partial charge on any atom is 0.274 e. The molecule has 3 aromatic rings. The van der Waals surface area contributed by atoms with E-state index in [1.54, 1.807) is 37.4 Å². The fourth-order valence-corrected chi connectivity index (χ4v) is 3.19. The number of nitrogens with zero attached hydrogens (tertiary/aromatic N) is 2. The summed E-state index contributed by atoms with van der Waals surface area (Å²) in [6.07, 6.45) is 0. The van der Waals surface area contributed by atoms with Gasteiger partial charge in [0.15, 0.2) is 0 Å². The number of aromatic nitrogens is 2. The van der Waals surface area contributed by atoms with Crippen LogP contribution in [0.25, 0.3) is 10.8 Å². The fourth-order valence-electron chi connectivity index (χ4n) is 2.70. The maximum absolute atomic E-state index is 12.6. The number of rotatable bonds is 6. The fraction of sp³-hybridized carbons (Fsp3) is 0.211. The Morgan fingerprint density at radius 3 is 2.63 bits per heavy atom. The number of methoxy groups -OCH3 is 1. The van der Waals surface area contributed by atoms with E-state index in [0.717, 1.165) is 0 Å². The number of benzene rings is 2. The molecule has 0 saturated heterocycles. The predicted octanol–water partition coefficient (Wildman–Crippen LogP) is 3.28. The number of fused-ring (bicyclic) bond motifs is 1. The van der Waals surface area contributed by atoms with Gasteiger partial charge in [0.2, 0.25) is 0 Å². The number of nitrogens with one attached hydrogen (secondary N) is 1. The second-order valence-electron chi connectivity index (χ2n) is 5.82. The minimum Gasteiger partial charge on any atom is -0.383 e. The van der Waals surface area contributed by atoms with Crippen LogP contribution in [0.1, 0.15) is 16.1 Å². The van der Waals surface area contributed by atoms with E-state index in [9.17, 15) is 9.59 Å². The standard InChI is InChI=1S/C19H17Cl2N3O3/c1-27-9-8-24-19(26)14-5-3-2-4-13(14)17(23-24)11-22-18(25)15-7-6-12(20)10-16(15)21/h2-7,10H,8-9,11H2,1H3,(H,22,25). The second-order valence-corrected chi connectivity index (χ2v) is 6.66. The molecule has 1 aromatic heterocycles. The molecular formula is C19H17Cl2N3O3. The van der Waals surface area contributed by atoms with Crippen LogP contribution in [0.2, 0.25) is 10.0 Å². The number of carbonyl (C=O) groups is 1. The first-order valence-corrected chi connectivity index (χ1v) is 8.97. The van der Waals surface area contributed by atoms with E-state index >= 15 is 0 Å². The second kappa shape index (κ2) is 8.52. The molecule has 0 unspecified atom stereocenters. The van der Waals surface area contributed by atoms with E-state index in [0.29, 0.717) is 40.2 Å². The van der Waals surface area contributed by atoms with Crippen LogP contribution >= 0.6 is 23.2 Å². The highest BCUT2D eigenvalue weighted by atomic mass is 35.5. The molecule has 0 radical (unpaired) electrons. The lowest BCUT2D eigenvalue weighted by Crippen LogP contribution is -2.29. The number of halogens is 2.